The predicted molar refractivity (Wildman–Crippen MR) is 144 cm³/mol. The number of hydrazine groups is 1. The molecule has 0 amide bonds. The minimum atomic E-state index is 0.296. The van der Waals surface area contributed by atoms with Crippen molar-refractivity contribution in [1.29, 1.82) is 0 Å². The van der Waals surface area contributed by atoms with Crippen molar-refractivity contribution >= 4 is 0 Å². The van der Waals surface area contributed by atoms with Crippen LogP contribution in [0.2, 0.25) is 0 Å². The molecule has 1 N–H and O–H groups in total. The molecule has 32 heavy (non-hydrogen) atoms. The van der Waals surface area contributed by atoms with E-state index in [0.717, 1.165) is 12.1 Å². The van der Waals surface area contributed by atoms with Gasteiger partial charge in [0, 0.05) is 26.2 Å². The summed E-state index contributed by atoms with van der Waals surface area (Å²) < 4.78 is 0. The first-order valence-electron chi connectivity index (χ1n) is 12.4. The second kappa shape index (κ2) is 13.0. The molecule has 0 fully saturated rings. The van der Waals surface area contributed by atoms with Crippen LogP contribution in [0.25, 0.3) is 0 Å². The zero-order chi connectivity index (χ0) is 24.5. The van der Waals surface area contributed by atoms with Gasteiger partial charge in [-0.25, -0.2) is 5.01 Å². The Morgan fingerprint density at radius 3 is 2.34 bits per heavy atom. The fourth-order valence-corrected chi connectivity index (χ4v) is 5.26. The highest BCUT2D eigenvalue weighted by Crippen LogP contribution is 2.48. The number of hydrogen-bond acceptors (Lipinski definition) is 2. The first-order valence-corrected chi connectivity index (χ1v) is 12.4. The van der Waals surface area contributed by atoms with Gasteiger partial charge in [0.05, 0.1) is 0 Å². The number of rotatable bonds is 9. The lowest BCUT2D eigenvalue weighted by Crippen LogP contribution is -2.32. The molecule has 0 saturated carbocycles. The number of benzene rings is 1. The predicted octanol–water partition coefficient (Wildman–Crippen LogP) is 8.14. The molecule has 0 saturated heterocycles. The van der Waals surface area contributed by atoms with E-state index >= 15 is 0 Å². The summed E-state index contributed by atoms with van der Waals surface area (Å²) in [7, 11) is 4.06. The van der Waals surface area contributed by atoms with Crippen LogP contribution in [0.15, 0.2) is 49.2 Å². The van der Waals surface area contributed by atoms with Crippen LogP contribution in [0.4, 0.5) is 0 Å². The average Bonchev–Trinajstić information content (AvgIpc) is 2.68. The molecule has 2 rings (SSSR count). The molecule has 0 radical (unpaired) electrons. The summed E-state index contributed by atoms with van der Waals surface area (Å²) in [4.78, 5) is 0. The molecule has 1 aliphatic carbocycles. The highest BCUT2D eigenvalue weighted by molar-refractivity contribution is 5.44. The Balaban J connectivity index is 0.00000249. The Hall–Kier alpha value is -1.80. The summed E-state index contributed by atoms with van der Waals surface area (Å²) in [6.45, 7) is 24.5. The van der Waals surface area contributed by atoms with Gasteiger partial charge in [-0.15, -0.1) is 13.2 Å². The third-order valence-electron chi connectivity index (χ3n) is 6.62. The lowest BCUT2D eigenvalue weighted by Gasteiger charge is -2.41. The van der Waals surface area contributed by atoms with E-state index in [9.17, 15) is 0 Å². The van der Waals surface area contributed by atoms with Crippen LogP contribution in [0.5, 0.6) is 0 Å². The number of aryl methyl sites for hydroxylation is 2. The molecule has 1 aromatic rings. The Labute approximate surface area is 199 Å². The molecule has 2 heteroatoms. The Morgan fingerprint density at radius 1 is 1.12 bits per heavy atom. The molecule has 1 aliphatic rings. The van der Waals surface area contributed by atoms with E-state index < -0.39 is 0 Å². The van der Waals surface area contributed by atoms with Gasteiger partial charge in [-0.3, -0.25) is 0 Å². The zero-order valence-electron chi connectivity index (χ0n) is 22.4. The van der Waals surface area contributed by atoms with Crippen LogP contribution < -0.4 is 5.43 Å². The maximum Gasteiger partial charge on any atom is 0.0236 e. The van der Waals surface area contributed by atoms with E-state index in [1.807, 2.05) is 19.1 Å². The third-order valence-corrected chi connectivity index (χ3v) is 6.62. The van der Waals surface area contributed by atoms with Crippen LogP contribution in [-0.2, 0) is 12.8 Å². The number of unbranched alkanes of at least 4 members (excludes halogenated alkanes) is 2. The molecule has 2 nitrogen and oxygen atoms in total. The van der Waals surface area contributed by atoms with Gasteiger partial charge in [-0.2, -0.15) is 0 Å². The quantitative estimate of drug-likeness (QED) is 0.238. The molecular weight excluding hydrogens is 388 g/mol. The summed E-state index contributed by atoms with van der Waals surface area (Å²) in [5.41, 5.74) is 12.3. The fraction of sp³-hybridized carbons (Fsp3) is 0.600. The van der Waals surface area contributed by atoms with Gasteiger partial charge in [0.1, 0.15) is 0 Å². The molecule has 180 valence electrons. The molecule has 0 spiro atoms. The molecule has 1 aromatic carbocycles. The van der Waals surface area contributed by atoms with Gasteiger partial charge in [-0.1, -0.05) is 70.9 Å². The third kappa shape index (κ3) is 8.28. The van der Waals surface area contributed by atoms with Crippen molar-refractivity contribution in [3.63, 3.8) is 0 Å². The molecule has 2 atom stereocenters. The highest BCUT2D eigenvalue weighted by Gasteiger charge is 2.36. The van der Waals surface area contributed by atoms with Crippen molar-refractivity contribution in [3.05, 3.63) is 71.5 Å². The zero-order valence-corrected chi connectivity index (χ0v) is 22.4. The van der Waals surface area contributed by atoms with Crippen LogP contribution >= 0.6 is 0 Å². The normalized spacial score (nSPS) is 18.6. The maximum atomic E-state index is 4.33. The molecule has 0 aliphatic heterocycles. The molecule has 0 bridgehead atoms. The van der Waals surface area contributed by atoms with Gasteiger partial charge < -0.3 is 5.43 Å². The number of hydrogen-bond donors (Lipinski definition) is 1. The summed E-state index contributed by atoms with van der Waals surface area (Å²) in [6, 6.07) is 4.97. The van der Waals surface area contributed by atoms with E-state index in [4.69, 9.17) is 0 Å². The first-order chi connectivity index (χ1) is 15.0. The number of allylic oxidation sites excluding steroid dienone is 3. The lowest BCUT2D eigenvalue weighted by molar-refractivity contribution is 0.191. The SMILES string of the molecule is C=C.C=C(Cc1cc(CCCCC)cc(C)c1C1CC(C)=CCC1C(C)(C)C)NN(C)C. The Bertz CT molecular complexity index is 764. The largest absolute Gasteiger partial charge is 0.324 e. The van der Waals surface area contributed by atoms with Crippen LogP contribution in [0, 0.1) is 18.3 Å². The summed E-state index contributed by atoms with van der Waals surface area (Å²) in [5.74, 6) is 1.25. The van der Waals surface area contributed by atoms with Gasteiger partial charge in [0.2, 0.25) is 0 Å². The minimum Gasteiger partial charge on any atom is -0.324 e. The van der Waals surface area contributed by atoms with Gasteiger partial charge in [-0.05, 0) is 79.0 Å². The lowest BCUT2D eigenvalue weighted by atomic mass is 9.63. The molecule has 2 unspecified atom stereocenters. The maximum absolute atomic E-state index is 4.33. The van der Waals surface area contributed by atoms with E-state index in [2.05, 4.69) is 84.9 Å². The summed E-state index contributed by atoms with van der Waals surface area (Å²) in [6.07, 6.45) is 10.8. The Kier molecular flexibility index (Phi) is 11.5. The standard InChI is InChI=1S/C28H46N2.C2H4/c1-10-11-12-13-23-17-21(3)27(24(19-23)18-22(4)29-30(8)9)25-16-20(2)14-15-26(25)28(5,6)7;1-2/h14,17,19,25-26,29H,4,10-13,15-16,18H2,1-3,5-9H3;1-2H2. The van der Waals surface area contributed by atoms with E-state index in [0.29, 0.717) is 17.3 Å². The Morgan fingerprint density at radius 2 is 1.78 bits per heavy atom. The van der Waals surface area contributed by atoms with Crippen molar-refractivity contribution in [2.75, 3.05) is 14.1 Å². The molecular formula is C30H50N2. The monoisotopic (exact) mass is 438 g/mol. The van der Waals surface area contributed by atoms with Crippen molar-refractivity contribution in [2.24, 2.45) is 11.3 Å². The minimum absolute atomic E-state index is 0.296. The van der Waals surface area contributed by atoms with E-state index in [-0.39, 0.29) is 0 Å². The second-order valence-corrected chi connectivity index (χ2v) is 10.8. The van der Waals surface area contributed by atoms with Gasteiger partial charge >= 0.3 is 0 Å². The summed E-state index contributed by atoms with van der Waals surface area (Å²) >= 11 is 0. The topological polar surface area (TPSA) is 15.3 Å². The van der Waals surface area contributed by atoms with Crippen molar-refractivity contribution < 1.29 is 0 Å². The van der Waals surface area contributed by atoms with Gasteiger partial charge in [0.25, 0.3) is 0 Å². The summed E-state index contributed by atoms with van der Waals surface area (Å²) in [5, 5.41) is 1.99. The van der Waals surface area contributed by atoms with Crippen LogP contribution in [0.3, 0.4) is 0 Å². The smallest absolute Gasteiger partial charge is 0.0236 e. The van der Waals surface area contributed by atoms with Crippen molar-refractivity contribution in [3.8, 4) is 0 Å². The van der Waals surface area contributed by atoms with Gasteiger partial charge in [0.15, 0.2) is 0 Å². The van der Waals surface area contributed by atoms with Crippen LogP contribution in [0.1, 0.15) is 94.9 Å². The fourth-order valence-electron chi connectivity index (χ4n) is 5.26. The molecule has 0 aromatic heterocycles. The number of nitrogens with zero attached hydrogens (tertiary/aromatic N) is 1. The highest BCUT2D eigenvalue weighted by atomic mass is 15.5. The van der Waals surface area contributed by atoms with Crippen molar-refractivity contribution in [2.45, 2.75) is 92.4 Å². The first kappa shape index (κ1) is 28.2. The number of nitrogens with one attached hydrogen (secondary N) is 1. The van der Waals surface area contributed by atoms with Crippen LogP contribution in [-0.4, -0.2) is 19.1 Å². The van der Waals surface area contributed by atoms with Crippen molar-refractivity contribution in [1.82, 2.24) is 10.4 Å². The molecule has 0 heterocycles. The van der Waals surface area contributed by atoms with E-state index in [1.165, 1.54) is 55.2 Å². The van der Waals surface area contributed by atoms with E-state index in [1.54, 1.807) is 11.1 Å². The average molecular weight is 439 g/mol. The second-order valence-electron chi connectivity index (χ2n) is 10.8.